The van der Waals surface area contributed by atoms with E-state index in [1.54, 1.807) is 34.1 Å². The second-order valence-corrected chi connectivity index (χ2v) is 5.95. The molecule has 1 N–H and O–H groups in total. The van der Waals surface area contributed by atoms with Gasteiger partial charge in [0.05, 0.1) is 18.8 Å². The van der Waals surface area contributed by atoms with Crippen LogP contribution in [0.15, 0.2) is 36.7 Å². The lowest BCUT2D eigenvalue weighted by Crippen LogP contribution is -2.37. The number of carbonyl (C=O) groups is 1. The van der Waals surface area contributed by atoms with Crippen LogP contribution in [-0.4, -0.2) is 50.2 Å². The average molecular weight is 330 g/mol. The predicted molar refractivity (Wildman–Crippen MR) is 87.1 cm³/mol. The molecule has 1 aromatic heterocycles. The van der Waals surface area contributed by atoms with Gasteiger partial charge in [-0.3, -0.25) is 9.48 Å². The zero-order chi connectivity index (χ0) is 16.8. The van der Waals surface area contributed by atoms with Crippen molar-refractivity contribution in [2.75, 3.05) is 13.2 Å². The molecule has 24 heavy (non-hydrogen) atoms. The third-order valence-corrected chi connectivity index (χ3v) is 4.18. The van der Waals surface area contributed by atoms with Gasteiger partial charge in [-0.1, -0.05) is 23.4 Å². The number of para-hydroxylation sites is 1. The molecule has 1 aromatic carbocycles. The molecule has 0 unspecified atom stereocenters. The van der Waals surface area contributed by atoms with Gasteiger partial charge in [0.25, 0.3) is 0 Å². The summed E-state index contributed by atoms with van der Waals surface area (Å²) in [6, 6.07) is 7.11. The molecule has 1 saturated heterocycles. The highest BCUT2D eigenvalue weighted by molar-refractivity contribution is 5.76. The number of phenols is 1. The smallest absolute Gasteiger partial charge is 0.224 e. The Labute approximate surface area is 140 Å². The lowest BCUT2D eigenvalue weighted by Gasteiger charge is -2.26. The molecule has 1 amide bonds. The van der Waals surface area contributed by atoms with Crippen molar-refractivity contribution in [3.05, 3.63) is 42.2 Å². The Balaban J connectivity index is 1.66. The fourth-order valence-electron chi connectivity index (χ4n) is 2.86. The van der Waals surface area contributed by atoms with Crippen molar-refractivity contribution in [3.8, 4) is 5.75 Å². The Bertz CT molecular complexity index is 654. The lowest BCUT2D eigenvalue weighted by molar-refractivity contribution is -0.133. The van der Waals surface area contributed by atoms with Crippen LogP contribution in [0.1, 0.15) is 24.8 Å². The van der Waals surface area contributed by atoms with Gasteiger partial charge in [0.1, 0.15) is 5.75 Å². The summed E-state index contributed by atoms with van der Waals surface area (Å²) in [6.45, 7) is 2.16. The van der Waals surface area contributed by atoms with E-state index in [0.29, 0.717) is 26.1 Å². The fourth-order valence-corrected chi connectivity index (χ4v) is 2.86. The van der Waals surface area contributed by atoms with Crippen molar-refractivity contribution in [2.24, 2.45) is 0 Å². The molecule has 3 rings (SSSR count). The van der Waals surface area contributed by atoms with E-state index in [1.165, 1.54) is 0 Å². The van der Waals surface area contributed by atoms with Gasteiger partial charge in [0.2, 0.25) is 5.91 Å². The minimum absolute atomic E-state index is 0.0178. The van der Waals surface area contributed by atoms with Crippen LogP contribution in [0.25, 0.3) is 0 Å². The van der Waals surface area contributed by atoms with Gasteiger partial charge in [-0.05, 0) is 18.9 Å². The number of hydrogen-bond donors (Lipinski definition) is 1. The van der Waals surface area contributed by atoms with Gasteiger partial charge in [-0.15, -0.1) is 5.10 Å². The Hall–Kier alpha value is -2.41. The third kappa shape index (κ3) is 4.32. The second-order valence-electron chi connectivity index (χ2n) is 5.95. The first-order valence-corrected chi connectivity index (χ1v) is 8.23. The molecule has 2 aromatic rings. The van der Waals surface area contributed by atoms with Crippen LogP contribution < -0.4 is 0 Å². The third-order valence-electron chi connectivity index (χ3n) is 4.18. The minimum Gasteiger partial charge on any atom is -0.508 e. The maximum atomic E-state index is 12.7. The number of benzene rings is 1. The van der Waals surface area contributed by atoms with Gasteiger partial charge in [-0.2, -0.15) is 0 Å². The van der Waals surface area contributed by atoms with E-state index >= 15 is 0 Å². The van der Waals surface area contributed by atoms with E-state index in [0.717, 1.165) is 25.0 Å². The fraction of sp³-hybridized carbons (Fsp3) is 0.471. The highest BCUT2D eigenvalue weighted by atomic mass is 16.5. The maximum absolute atomic E-state index is 12.7. The van der Waals surface area contributed by atoms with Crippen LogP contribution in [0.5, 0.6) is 5.75 Å². The number of amides is 1. The molecule has 0 bridgehead atoms. The SMILES string of the molecule is O=C(CCn1ccnn1)N(Cc1ccccc1O)C[C@@H]1CCCO1. The Morgan fingerprint density at radius 1 is 1.42 bits per heavy atom. The topological polar surface area (TPSA) is 80.5 Å². The summed E-state index contributed by atoms with van der Waals surface area (Å²) in [6.07, 6.45) is 5.74. The highest BCUT2D eigenvalue weighted by Crippen LogP contribution is 2.20. The molecule has 1 aliphatic heterocycles. The Kier molecular flexibility index (Phi) is 5.43. The molecule has 0 radical (unpaired) electrons. The number of aromatic hydroxyl groups is 1. The first-order chi connectivity index (χ1) is 11.7. The minimum atomic E-state index is 0.0178. The van der Waals surface area contributed by atoms with Gasteiger partial charge in [-0.25, -0.2) is 0 Å². The summed E-state index contributed by atoms with van der Waals surface area (Å²) in [7, 11) is 0. The van der Waals surface area contributed by atoms with Crippen LogP contribution in [0.4, 0.5) is 0 Å². The summed E-state index contributed by atoms with van der Waals surface area (Å²) >= 11 is 0. The van der Waals surface area contributed by atoms with Gasteiger partial charge >= 0.3 is 0 Å². The van der Waals surface area contributed by atoms with E-state index in [9.17, 15) is 9.90 Å². The summed E-state index contributed by atoms with van der Waals surface area (Å²) < 4.78 is 7.31. The largest absolute Gasteiger partial charge is 0.508 e. The van der Waals surface area contributed by atoms with Crippen molar-refractivity contribution in [2.45, 2.75) is 38.5 Å². The number of hydrogen-bond acceptors (Lipinski definition) is 5. The summed E-state index contributed by atoms with van der Waals surface area (Å²) in [5.74, 6) is 0.225. The molecule has 0 saturated carbocycles. The molecule has 1 fully saturated rings. The predicted octanol–water partition coefficient (Wildman–Crippen LogP) is 1.58. The quantitative estimate of drug-likeness (QED) is 0.834. The number of aromatic nitrogens is 3. The molecule has 128 valence electrons. The maximum Gasteiger partial charge on any atom is 0.224 e. The highest BCUT2D eigenvalue weighted by Gasteiger charge is 2.23. The molecule has 7 nitrogen and oxygen atoms in total. The van der Waals surface area contributed by atoms with Crippen molar-refractivity contribution >= 4 is 5.91 Å². The van der Waals surface area contributed by atoms with E-state index < -0.39 is 0 Å². The van der Waals surface area contributed by atoms with E-state index in [2.05, 4.69) is 10.3 Å². The number of rotatable bonds is 7. The van der Waals surface area contributed by atoms with Crippen molar-refractivity contribution in [3.63, 3.8) is 0 Å². The molecular weight excluding hydrogens is 308 g/mol. The second kappa shape index (κ2) is 7.92. The normalized spacial score (nSPS) is 17.1. The number of carbonyl (C=O) groups excluding carboxylic acids is 1. The van der Waals surface area contributed by atoms with Crippen LogP contribution in [0.3, 0.4) is 0 Å². The number of nitrogens with zero attached hydrogens (tertiary/aromatic N) is 4. The molecule has 0 aliphatic carbocycles. The summed E-state index contributed by atoms with van der Waals surface area (Å²) in [5.41, 5.74) is 0.740. The van der Waals surface area contributed by atoms with Crippen LogP contribution >= 0.6 is 0 Å². The van der Waals surface area contributed by atoms with Gasteiger partial charge in [0.15, 0.2) is 0 Å². The first-order valence-electron chi connectivity index (χ1n) is 8.23. The zero-order valence-electron chi connectivity index (χ0n) is 13.5. The van der Waals surface area contributed by atoms with Gasteiger partial charge in [0, 0.05) is 37.9 Å². The Morgan fingerprint density at radius 2 is 2.29 bits per heavy atom. The molecule has 1 aliphatic rings. The summed E-state index contributed by atoms with van der Waals surface area (Å²) in [5, 5.41) is 17.6. The van der Waals surface area contributed by atoms with Crippen LogP contribution in [0.2, 0.25) is 0 Å². The number of phenolic OH excluding ortho intramolecular Hbond substituents is 1. The lowest BCUT2D eigenvalue weighted by atomic mass is 10.1. The molecule has 1 atom stereocenters. The van der Waals surface area contributed by atoms with Crippen molar-refractivity contribution < 1.29 is 14.6 Å². The van der Waals surface area contributed by atoms with Crippen molar-refractivity contribution in [1.29, 1.82) is 0 Å². The molecule has 7 heteroatoms. The molecule has 0 spiro atoms. The monoisotopic (exact) mass is 330 g/mol. The summed E-state index contributed by atoms with van der Waals surface area (Å²) in [4.78, 5) is 14.4. The van der Waals surface area contributed by atoms with Crippen LogP contribution in [-0.2, 0) is 22.6 Å². The van der Waals surface area contributed by atoms with E-state index in [4.69, 9.17) is 4.74 Å². The number of aryl methyl sites for hydroxylation is 1. The van der Waals surface area contributed by atoms with E-state index in [1.807, 2.05) is 12.1 Å². The number of ether oxygens (including phenoxy) is 1. The molecule has 2 heterocycles. The van der Waals surface area contributed by atoms with E-state index in [-0.39, 0.29) is 17.8 Å². The zero-order valence-corrected chi connectivity index (χ0v) is 13.5. The standard InChI is InChI=1S/C17H22N4O3/c22-16-6-2-1-4-14(16)12-20(13-15-5-3-11-24-15)17(23)7-9-21-10-8-18-19-21/h1-2,4,6,8,10,15,22H,3,5,7,9,11-13H2/t15-/m0/s1. The Morgan fingerprint density at radius 3 is 3.00 bits per heavy atom. The van der Waals surface area contributed by atoms with Gasteiger partial charge < -0.3 is 14.7 Å². The van der Waals surface area contributed by atoms with Crippen LogP contribution in [0, 0.1) is 0 Å². The first kappa shape index (κ1) is 16.4. The molecular formula is C17H22N4O3. The van der Waals surface area contributed by atoms with Crippen molar-refractivity contribution in [1.82, 2.24) is 19.9 Å². The average Bonchev–Trinajstić information content (AvgIpc) is 3.27.